The smallest absolute Gasteiger partial charge is 0.242 e. The lowest BCUT2D eigenvalue weighted by atomic mass is 10.1. The second-order valence-electron chi connectivity index (χ2n) is 4.40. The highest BCUT2D eigenvalue weighted by Gasteiger charge is 2.19. The first-order valence-electron chi connectivity index (χ1n) is 6.46. The van der Waals surface area contributed by atoms with Gasteiger partial charge in [-0.25, -0.2) is 13.1 Å². The third-order valence-electron chi connectivity index (χ3n) is 2.85. The molecular formula is C13H21N3O3S. The van der Waals surface area contributed by atoms with E-state index in [1.807, 2.05) is 6.92 Å². The van der Waals surface area contributed by atoms with Gasteiger partial charge in [-0.15, -0.1) is 0 Å². The molecule has 0 aromatic heterocycles. The van der Waals surface area contributed by atoms with E-state index in [2.05, 4.69) is 15.4 Å². The molecule has 0 saturated heterocycles. The number of hydrogen-bond donors (Lipinski definition) is 3. The van der Waals surface area contributed by atoms with Gasteiger partial charge in [0.15, 0.2) is 0 Å². The molecule has 3 N–H and O–H groups in total. The molecule has 0 aliphatic heterocycles. The largest absolute Gasteiger partial charge is 0.325 e. The quantitative estimate of drug-likeness (QED) is 0.694. The molecule has 0 aliphatic rings. The zero-order valence-corrected chi connectivity index (χ0v) is 12.8. The van der Waals surface area contributed by atoms with Gasteiger partial charge in [0.05, 0.1) is 5.69 Å². The number of carbonyl (C=O) groups excluding carboxylic acids is 1. The zero-order valence-electron chi connectivity index (χ0n) is 11.9. The number of para-hydroxylation sites is 1. The van der Waals surface area contributed by atoms with Gasteiger partial charge >= 0.3 is 0 Å². The van der Waals surface area contributed by atoms with Gasteiger partial charge in [-0.1, -0.05) is 26.0 Å². The van der Waals surface area contributed by atoms with Crippen LogP contribution in [0.3, 0.4) is 0 Å². The minimum Gasteiger partial charge on any atom is -0.325 e. The van der Waals surface area contributed by atoms with Crippen molar-refractivity contribution in [1.29, 1.82) is 0 Å². The van der Waals surface area contributed by atoms with Crippen LogP contribution in [0, 0.1) is 5.92 Å². The van der Waals surface area contributed by atoms with Crippen molar-refractivity contribution in [2.24, 2.45) is 5.92 Å². The molecular weight excluding hydrogens is 278 g/mol. The summed E-state index contributed by atoms with van der Waals surface area (Å²) in [6.07, 6.45) is 0. The van der Waals surface area contributed by atoms with Crippen LogP contribution in [-0.2, 0) is 14.8 Å². The molecule has 1 aromatic carbocycles. The number of amides is 1. The van der Waals surface area contributed by atoms with Crippen LogP contribution < -0.4 is 15.4 Å². The van der Waals surface area contributed by atoms with Crippen LogP contribution >= 0.6 is 0 Å². The maximum absolute atomic E-state index is 12.0. The van der Waals surface area contributed by atoms with E-state index in [0.29, 0.717) is 6.54 Å². The van der Waals surface area contributed by atoms with E-state index < -0.39 is 10.0 Å². The Bertz CT molecular complexity index is 558. The number of nitrogens with one attached hydrogen (secondary N) is 3. The normalized spacial score (nSPS) is 12.9. The summed E-state index contributed by atoms with van der Waals surface area (Å²) in [5.41, 5.74) is 0.287. The Morgan fingerprint density at radius 2 is 1.95 bits per heavy atom. The Morgan fingerprint density at radius 1 is 1.30 bits per heavy atom. The van der Waals surface area contributed by atoms with E-state index in [0.717, 1.165) is 6.54 Å². The highest BCUT2D eigenvalue weighted by atomic mass is 32.2. The Kier molecular flexibility index (Phi) is 6.12. The number of sulfonamides is 1. The van der Waals surface area contributed by atoms with Crippen LogP contribution in [0.2, 0.25) is 0 Å². The monoisotopic (exact) mass is 299 g/mol. The van der Waals surface area contributed by atoms with Gasteiger partial charge < -0.3 is 10.6 Å². The van der Waals surface area contributed by atoms with Crippen molar-refractivity contribution in [2.75, 3.05) is 25.5 Å². The fourth-order valence-corrected chi connectivity index (χ4v) is 2.51. The van der Waals surface area contributed by atoms with E-state index in [-0.39, 0.29) is 22.4 Å². The third-order valence-corrected chi connectivity index (χ3v) is 4.32. The van der Waals surface area contributed by atoms with Gasteiger partial charge in [0, 0.05) is 12.5 Å². The number of carbonyl (C=O) groups is 1. The zero-order chi connectivity index (χ0) is 15.2. The minimum absolute atomic E-state index is 0.0616. The molecule has 6 nitrogen and oxygen atoms in total. The van der Waals surface area contributed by atoms with E-state index in [4.69, 9.17) is 0 Å². The number of benzene rings is 1. The molecule has 1 amide bonds. The van der Waals surface area contributed by atoms with Crippen LogP contribution in [-0.4, -0.2) is 34.5 Å². The molecule has 1 rings (SSSR count). The van der Waals surface area contributed by atoms with E-state index in [9.17, 15) is 13.2 Å². The predicted molar refractivity (Wildman–Crippen MR) is 79.0 cm³/mol. The van der Waals surface area contributed by atoms with Crippen LogP contribution in [0.4, 0.5) is 5.69 Å². The molecule has 112 valence electrons. The SMILES string of the molecule is CCNCC(C)C(=O)Nc1ccccc1S(=O)(=O)NC. The number of rotatable bonds is 7. The maximum Gasteiger partial charge on any atom is 0.242 e. The molecule has 0 fully saturated rings. The highest BCUT2D eigenvalue weighted by Crippen LogP contribution is 2.20. The van der Waals surface area contributed by atoms with Gasteiger partial charge in [-0.05, 0) is 25.7 Å². The Morgan fingerprint density at radius 3 is 2.55 bits per heavy atom. The molecule has 20 heavy (non-hydrogen) atoms. The van der Waals surface area contributed by atoms with E-state index in [1.54, 1.807) is 25.1 Å². The fourth-order valence-electron chi connectivity index (χ4n) is 1.62. The third kappa shape index (κ3) is 4.29. The minimum atomic E-state index is -3.60. The van der Waals surface area contributed by atoms with Crippen molar-refractivity contribution < 1.29 is 13.2 Å². The summed E-state index contributed by atoms with van der Waals surface area (Å²) in [5, 5.41) is 5.74. The molecule has 0 radical (unpaired) electrons. The van der Waals surface area contributed by atoms with E-state index in [1.165, 1.54) is 13.1 Å². The van der Waals surface area contributed by atoms with E-state index >= 15 is 0 Å². The van der Waals surface area contributed by atoms with Gasteiger partial charge in [-0.2, -0.15) is 0 Å². The summed E-state index contributed by atoms with van der Waals surface area (Å²) >= 11 is 0. The molecule has 0 aliphatic carbocycles. The van der Waals surface area contributed by atoms with Crippen molar-refractivity contribution in [3.05, 3.63) is 24.3 Å². The molecule has 1 aromatic rings. The van der Waals surface area contributed by atoms with Gasteiger partial charge in [0.25, 0.3) is 0 Å². The molecule has 0 heterocycles. The lowest BCUT2D eigenvalue weighted by molar-refractivity contribution is -0.119. The van der Waals surface area contributed by atoms with Crippen LogP contribution in [0.1, 0.15) is 13.8 Å². The Balaban J connectivity index is 2.91. The average Bonchev–Trinajstić information content (AvgIpc) is 2.45. The molecule has 7 heteroatoms. The second kappa shape index (κ2) is 7.37. The second-order valence-corrected chi connectivity index (χ2v) is 6.26. The Hall–Kier alpha value is -1.44. The van der Waals surface area contributed by atoms with Crippen LogP contribution in [0.15, 0.2) is 29.2 Å². The van der Waals surface area contributed by atoms with Crippen molar-refractivity contribution in [2.45, 2.75) is 18.7 Å². The van der Waals surface area contributed by atoms with Crippen molar-refractivity contribution >= 4 is 21.6 Å². The van der Waals surface area contributed by atoms with Gasteiger partial charge in [0.2, 0.25) is 15.9 Å². The summed E-state index contributed by atoms with van der Waals surface area (Å²) in [5.74, 6) is -0.468. The van der Waals surface area contributed by atoms with Crippen molar-refractivity contribution in [3.8, 4) is 0 Å². The van der Waals surface area contributed by atoms with Crippen molar-refractivity contribution in [1.82, 2.24) is 10.0 Å². The first-order chi connectivity index (χ1) is 9.42. The van der Waals surface area contributed by atoms with Crippen LogP contribution in [0.5, 0.6) is 0 Å². The van der Waals surface area contributed by atoms with Crippen LogP contribution in [0.25, 0.3) is 0 Å². The molecule has 0 bridgehead atoms. The first kappa shape index (κ1) is 16.6. The highest BCUT2D eigenvalue weighted by molar-refractivity contribution is 7.89. The summed E-state index contributed by atoms with van der Waals surface area (Å²) in [4.78, 5) is 12.1. The summed E-state index contributed by atoms with van der Waals surface area (Å²) in [7, 11) is -2.26. The lowest BCUT2D eigenvalue weighted by Crippen LogP contribution is -2.31. The summed E-state index contributed by atoms with van der Waals surface area (Å²) in [6.45, 7) is 5.07. The standard InChI is InChI=1S/C13H21N3O3S/c1-4-15-9-10(2)13(17)16-11-7-5-6-8-12(11)20(18,19)14-3/h5-8,10,14-15H,4,9H2,1-3H3,(H,16,17). The molecule has 1 unspecified atom stereocenters. The van der Waals surface area contributed by atoms with Crippen molar-refractivity contribution in [3.63, 3.8) is 0 Å². The fraction of sp³-hybridized carbons (Fsp3) is 0.462. The summed E-state index contributed by atoms with van der Waals surface area (Å²) < 4.78 is 26.0. The molecule has 0 spiro atoms. The average molecular weight is 299 g/mol. The summed E-state index contributed by atoms with van der Waals surface area (Å²) in [6, 6.07) is 6.32. The Labute approximate surface area is 120 Å². The maximum atomic E-state index is 12.0. The number of hydrogen-bond acceptors (Lipinski definition) is 4. The molecule has 1 atom stereocenters. The van der Waals surface area contributed by atoms with Gasteiger partial charge in [-0.3, -0.25) is 4.79 Å². The topological polar surface area (TPSA) is 87.3 Å². The lowest BCUT2D eigenvalue weighted by Gasteiger charge is -2.15. The molecule has 0 saturated carbocycles. The number of anilines is 1. The predicted octanol–water partition coefficient (Wildman–Crippen LogP) is 0.779. The van der Waals surface area contributed by atoms with Gasteiger partial charge in [0.1, 0.15) is 4.90 Å². The first-order valence-corrected chi connectivity index (χ1v) is 7.94.